The Bertz CT molecular complexity index is 613. The van der Waals surface area contributed by atoms with E-state index >= 15 is 0 Å². The minimum atomic E-state index is -3.30. The molecular formula is C14H20O4S. The van der Waals surface area contributed by atoms with E-state index in [0.717, 1.165) is 22.9 Å². The molecular weight excluding hydrogens is 264 g/mol. The molecule has 106 valence electrons. The Balaban J connectivity index is 3.51. The van der Waals surface area contributed by atoms with Gasteiger partial charge in [0.2, 0.25) is 0 Å². The Hall–Kier alpha value is -1.36. The number of benzene rings is 1. The maximum atomic E-state index is 11.7. The number of carboxylic acids is 1. The van der Waals surface area contributed by atoms with E-state index in [0.29, 0.717) is 0 Å². The molecule has 0 radical (unpaired) electrons. The monoisotopic (exact) mass is 284 g/mol. The fraction of sp³-hybridized carbons (Fsp3) is 0.500. The van der Waals surface area contributed by atoms with Crippen molar-refractivity contribution < 1.29 is 18.3 Å². The second-order valence-electron chi connectivity index (χ2n) is 5.64. The Kier molecular flexibility index (Phi) is 4.10. The first-order valence-electron chi connectivity index (χ1n) is 5.99. The van der Waals surface area contributed by atoms with Crippen molar-refractivity contribution in [2.24, 2.45) is 0 Å². The molecule has 0 amide bonds. The van der Waals surface area contributed by atoms with Crippen LogP contribution < -0.4 is 0 Å². The first-order chi connectivity index (χ1) is 8.45. The van der Waals surface area contributed by atoms with Crippen LogP contribution in [0.5, 0.6) is 0 Å². The van der Waals surface area contributed by atoms with E-state index in [-0.39, 0.29) is 11.3 Å². The van der Waals surface area contributed by atoms with Crippen molar-refractivity contribution in [3.8, 4) is 0 Å². The highest BCUT2D eigenvalue weighted by Crippen LogP contribution is 2.33. The number of sulfone groups is 1. The van der Waals surface area contributed by atoms with Crippen LogP contribution in [0, 0.1) is 13.8 Å². The number of hydrogen-bond acceptors (Lipinski definition) is 3. The molecule has 1 aromatic rings. The fourth-order valence-corrected chi connectivity index (χ4v) is 2.94. The molecule has 0 atom stereocenters. The van der Waals surface area contributed by atoms with E-state index in [4.69, 9.17) is 5.11 Å². The van der Waals surface area contributed by atoms with Crippen LogP contribution in [0.1, 0.15) is 37.0 Å². The lowest BCUT2D eigenvalue weighted by Gasteiger charge is -2.26. The molecule has 0 heterocycles. The molecule has 0 saturated carbocycles. The van der Waals surface area contributed by atoms with E-state index in [1.54, 1.807) is 12.1 Å². The zero-order chi connectivity index (χ0) is 15.0. The predicted molar refractivity (Wildman–Crippen MR) is 74.3 cm³/mol. The first-order valence-corrected chi connectivity index (χ1v) is 7.88. The maximum Gasteiger partial charge on any atom is 0.304 e. The van der Waals surface area contributed by atoms with Gasteiger partial charge in [-0.05, 0) is 42.7 Å². The summed E-state index contributed by atoms with van der Waals surface area (Å²) in [5, 5.41) is 8.98. The summed E-state index contributed by atoms with van der Waals surface area (Å²) in [5.41, 5.74) is 1.96. The molecule has 0 aromatic heterocycles. The van der Waals surface area contributed by atoms with Gasteiger partial charge in [-0.15, -0.1) is 0 Å². The molecule has 4 nitrogen and oxygen atoms in total. The summed E-state index contributed by atoms with van der Waals surface area (Å²) in [4.78, 5) is 11.2. The quantitative estimate of drug-likeness (QED) is 0.922. The summed E-state index contributed by atoms with van der Waals surface area (Å²) in [6, 6.07) is 3.23. The summed E-state index contributed by atoms with van der Waals surface area (Å²) in [5.74, 6) is -0.896. The number of carbonyl (C=O) groups is 1. The lowest BCUT2D eigenvalue weighted by Crippen LogP contribution is -2.23. The molecule has 0 bridgehead atoms. The molecule has 0 aliphatic carbocycles. The van der Waals surface area contributed by atoms with Gasteiger partial charge in [-0.2, -0.15) is 0 Å². The predicted octanol–water partition coefficient (Wildman–Crippen LogP) is 2.46. The van der Waals surface area contributed by atoms with Crippen molar-refractivity contribution in [2.75, 3.05) is 6.26 Å². The zero-order valence-corrected chi connectivity index (χ0v) is 12.8. The molecule has 19 heavy (non-hydrogen) atoms. The van der Waals surface area contributed by atoms with E-state index in [9.17, 15) is 13.2 Å². The molecule has 1 aromatic carbocycles. The van der Waals surface area contributed by atoms with Crippen LogP contribution in [-0.2, 0) is 20.0 Å². The SMILES string of the molecule is Cc1cc(S(C)(=O)=O)cc(C(C)(C)CC(=O)O)c1C. The van der Waals surface area contributed by atoms with Crippen LogP contribution in [0.25, 0.3) is 0 Å². The number of rotatable bonds is 4. The second-order valence-corrected chi connectivity index (χ2v) is 7.66. The Morgan fingerprint density at radius 3 is 2.21 bits per heavy atom. The molecule has 0 saturated heterocycles. The molecule has 0 aliphatic heterocycles. The summed E-state index contributed by atoms with van der Waals surface area (Å²) >= 11 is 0. The number of hydrogen-bond donors (Lipinski definition) is 1. The summed E-state index contributed by atoms with van der Waals surface area (Å²) in [6.45, 7) is 7.36. The van der Waals surface area contributed by atoms with E-state index in [1.165, 1.54) is 0 Å². The minimum Gasteiger partial charge on any atom is -0.481 e. The van der Waals surface area contributed by atoms with Crippen LogP contribution in [0.15, 0.2) is 17.0 Å². The maximum absolute atomic E-state index is 11.7. The van der Waals surface area contributed by atoms with Gasteiger partial charge in [-0.25, -0.2) is 8.42 Å². The van der Waals surface area contributed by atoms with Crippen molar-refractivity contribution in [2.45, 2.75) is 44.4 Å². The first kappa shape index (κ1) is 15.7. The number of carboxylic acid groups (broad SMARTS) is 1. The number of aryl methyl sites for hydroxylation is 1. The van der Waals surface area contributed by atoms with Gasteiger partial charge in [0.05, 0.1) is 11.3 Å². The molecule has 0 aliphatic rings. The Labute approximate surface area is 114 Å². The molecule has 0 fully saturated rings. The smallest absolute Gasteiger partial charge is 0.304 e. The zero-order valence-electron chi connectivity index (χ0n) is 11.9. The van der Waals surface area contributed by atoms with Crippen LogP contribution in [0.2, 0.25) is 0 Å². The van der Waals surface area contributed by atoms with Gasteiger partial charge in [-0.1, -0.05) is 13.8 Å². The van der Waals surface area contributed by atoms with E-state index in [1.807, 2.05) is 27.7 Å². The second kappa shape index (κ2) is 4.96. The van der Waals surface area contributed by atoms with Gasteiger partial charge in [0.15, 0.2) is 9.84 Å². The standard InChI is InChI=1S/C14H20O4S/c1-9-6-11(19(5,17)18)7-12(10(9)2)14(3,4)8-13(15)16/h6-7H,8H2,1-5H3,(H,15,16). The van der Waals surface area contributed by atoms with Gasteiger partial charge >= 0.3 is 5.97 Å². The topological polar surface area (TPSA) is 71.4 Å². The van der Waals surface area contributed by atoms with Gasteiger partial charge in [0.25, 0.3) is 0 Å². The molecule has 1 rings (SSSR count). The third-order valence-electron chi connectivity index (χ3n) is 3.39. The van der Waals surface area contributed by atoms with Crippen LogP contribution in [0.4, 0.5) is 0 Å². The van der Waals surface area contributed by atoms with Crippen molar-refractivity contribution >= 4 is 15.8 Å². The van der Waals surface area contributed by atoms with Gasteiger partial charge in [-0.3, -0.25) is 4.79 Å². The summed E-state index contributed by atoms with van der Waals surface area (Å²) in [7, 11) is -3.30. The molecule has 1 N–H and O–H groups in total. The third-order valence-corrected chi connectivity index (χ3v) is 4.48. The summed E-state index contributed by atoms with van der Waals surface area (Å²) < 4.78 is 23.4. The average molecular weight is 284 g/mol. The van der Waals surface area contributed by atoms with Crippen molar-refractivity contribution in [1.29, 1.82) is 0 Å². The lowest BCUT2D eigenvalue weighted by atomic mass is 9.78. The average Bonchev–Trinajstić information content (AvgIpc) is 2.17. The minimum absolute atomic E-state index is 0.0412. The Morgan fingerprint density at radius 2 is 1.79 bits per heavy atom. The third kappa shape index (κ3) is 3.56. The van der Waals surface area contributed by atoms with Crippen molar-refractivity contribution in [1.82, 2.24) is 0 Å². The Morgan fingerprint density at radius 1 is 1.26 bits per heavy atom. The van der Waals surface area contributed by atoms with E-state index in [2.05, 4.69) is 0 Å². The molecule has 5 heteroatoms. The molecule has 0 spiro atoms. The normalized spacial score (nSPS) is 12.5. The van der Waals surface area contributed by atoms with Gasteiger partial charge in [0, 0.05) is 11.7 Å². The van der Waals surface area contributed by atoms with Gasteiger partial charge in [0.1, 0.15) is 0 Å². The fourth-order valence-electron chi connectivity index (χ4n) is 2.22. The largest absolute Gasteiger partial charge is 0.481 e. The highest BCUT2D eigenvalue weighted by Gasteiger charge is 2.27. The molecule has 0 unspecified atom stereocenters. The van der Waals surface area contributed by atoms with Crippen LogP contribution >= 0.6 is 0 Å². The number of aliphatic carboxylic acids is 1. The summed E-state index contributed by atoms with van der Waals surface area (Å²) in [6.07, 6.45) is 1.12. The van der Waals surface area contributed by atoms with Crippen molar-refractivity contribution in [3.05, 3.63) is 28.8 Å². The van der Waals surface area contributed by atoms with Crippen molar-refractivity contribution in [3.63, 3.8) is 0 Å². The van der Waals surface area contributed by atoms with Gasteiger partial charge < -0.3 is 5.11 Å². The van der Waals surface area contributed by atoms with Crippen LogP contribution in [-0.4, -0.2) is 25.7 Å². The lowest BCUT2D eigenvalue weighted by molar-refractivity contribution is -0.138. The highest BCUT2D eigenvalue weighted by atomic mass is 32.2. The van der Waals surface area contributed by atoms with E-state index < -0.39 is 21.2 Å². The van der Waals surface area contributed by atoms with Crippen LogP contribution in [0.3, 0.4) is 0 Å². The highest BCUT2D eigenvalue weighted by molar-refractivity contribution is 7.90.